The lowest BCUT2D eigenvalue weighted by Crippen LogP contribution is -2.55. The van der Waals surface area contributed by atoms with Gasteiger partial charge in [0.1, 0.15) is 0 Å². The van der Waals surface area contributed by atoms with E-state index in [1.165, 1.54) is 11.3 Å². The van der Waals surface area contributed by atoms with Crippen molar-refractivity contribution in [1.82, 2.24) is 24.8 Å². The molecule has 130 valence electrons. The zero-order valence-corrected chi connectivity index (χ0v) is 14.2. The van der Waals surface area contributed by atoms with Crippen LogP contribution in [0, 0.1) is 11.8 Å². The van der Waals surface area contributed by atoms with Gasteiger partial charge in [-0.15, -0.1) is 5.10 Å². The van der Waals surface area contributed by atoms with Crippen LogP contribution in [0.3, 0.4) is 0 Å². The molecular weight excluding hydrogens is 306 g/mol. The molecule has 0 spiro atoms. The van der Waals surface area contributed by atoms with Crippen molar-refractivity contribution in [2.24, 2.45) is 11.8 Å². The van der Waals surface area contributed by atoms with Crippen LogP contribution in [0.2, 0.25) is 0 Å². The predicted octanol–water partition coefficient (Wildman–Crippen LogP) is 1.86. The number of aromatic nitrogens is 3. The summed E-state index contributed by atoms with van der Waals surface area (Å²) in [5.74, 6) is 1.17. The quantitative estimate of drug-likeness (QED) is 0.825. The number of imide groups is 1. The molecule has 4 rings (SSSR count). The number of hydrogen-bond donors (Lipinski definition) is 0. The minimum Gasteiger partial charge on any atom is -0.321 e. The van der Waals surface area contributed by atoms with E-state index >= 15 is 0 Å². The van der Waals surface area contributed by atoms with E-state index in [0.717, 1.165) is 25.7 Å². The molecular formula is C17H25N5O2. The van der Waals surface area contributed by atoms with Crippen molar-refractivity contribution < 1.29 is 9.59 Å². The van der Waals surface area contributed by atoms with E-state index in [2.05, 4.69) is 17.2 Å². The van der Waals surface area contributed by atoms with Gasteiger partial charge in [-0.3, -0.25) is 9.69 Å². The Kier molecular flexibility index (Phi) is 3.81. The van der Waals surface area contributed by atoms with Gasteiger partial charge in [-0.2, -0.15) is 0 Å². The van der Waals surface area contributed by atoms with Crippen LogP contribution in [0.5, 0.6) is 0 Å². The second-order valence-electron chi connectivity index (χ2n) is 7.81. The topological polar surface area (TPSA) is 71.3 Å². The molecule has 1 aromatic rings. The second kappa shape index (κ2) is 5.86. The van der Waals surface area contributed by atoms with Crippen LogP contribution >= 0.6 is 0 Å². The van der Waals surface area contributed by atoms with Crippen molar-refractivity contribution in [1.29, 1.82) is 0 Å². The molecule has 7 heteroatoms. The summed E-state index contributed by atoms with van der Waals surface area (Å²) in [6, 6.07) is -0.114. The van der Waals surface area contributed by atoms with E-state index in [-0.39, 0.29) is 17.5 Å². The molecule has 1 saturated heterocycles. The monoisotopic (exact) mass is 331 g/mol. The highest BCUT2D eigenvalue weighted by atomic mass is 16.2. The zero-order chi connectivity index (χ0) is 16.7. The van der Waals surface area contributed by atoms with Crippen LogP contribution < -0.4 is 0 Å². The lowest BCUT2D eigenvalue weighted by atomic mass is 10.0. The first kappa shape index (κ1) is 15.6. The number of hydrogen-bond acceptors (Lipinski definition) is 4. The highest BCUT2D eigenvalue weighted by molar-refractivity contribution is 5.96. The maximum atomic E-state index is 12.9. The molecule has 0 aromatic carbocycles. The molecule has 2 saturated carbocycles. The van der Waals surface area contributed by atoms with Crippen molar-refractivity contribution in [2.75, 3.05) is 19.6 Å². The Morgan fingerprint density at radius 2 is 2.12 bits per heavy atom. The highest BCUT2D eigenvalue weighted by Gasteiger charge is 2.49. The second-order valence-corrected chi connectivity index (χ2v) is 7.81. The van der Waals surface area contributed by atoms with E-state index < -0.39 is 0 Å². The molecule has 24 heavy (non-hydrogen) atoms. The van der Waals surface area contributed by atoms with E-state index in [4.69, 9.17) is 0 Å². The van der Waals surface area contributed by atoms with E-state index in [1.54, 1.807) is 6.20 Å². The Balaban J connectivity index is 1.43. The molecule has 0 N–H and O–H groups in total. The van der Waals surface area contributed by atoms with Gasteiger partial charge < -0.3 is 4.90 Å². The fourth-order valence-electron chi connectivity index (χ4n) is 4.23. The molecule has 2 aliphatic carbocycles. The van der Waals surface area contributed by atoms with Crippen LogP contribution in [-0.2, 0) is 10.3 Å². The maximum Gasteiger partial charge on any atom is 0.326 e. The van der Waals surface area contributed by atoms with Gasteiger partial charge in [0.2, 0.25) is 5.91 Å². The molecule has 3 fully saturated rings. The third kappa shape index (κ3) is 2.80. The molecule has 3 amide bonds. The van der Waals surface area contributed by atoms with Gasteiger partial charge in [-0.05, 0) is 37.5 Å². The Morgan fingerprint density at radius 3 is 2.75 bits per heavy atom. The summed E-state index contributed by atoms with van der Waals surface area (Å²) >= 11 is 0. The summed E-state index contributed by atoms with van der Waals surface area (Å²) < 4.78 is 1.87. The zero-order valence-electron chi connectivity index (χ0n) is 14.2. The highest BCUT2D eigenvalue weighted by Crippen LogP contribution is 2.44. The number of urea groups is 1. The van der Waals surface area contributed by atoms with Gasteiger partial charge in [-0.1, -0.05) is 18.6 Å². The van der Waals surface area contributed by atoms with Gasteiger partial charge in [0.25, 0.3) is 0 Å². The van der Waals surface area contributed by atoms with Gasteiger partial charge in [0.05, 0.1) is 11.7 Å². The number of nitrogens with zero attached hydrogens (tertiary/aromatic N) is 5. The average molecular weight is 331 g/mol. The fraction of sp³-hybridized carbons (Fsp3) is 0.765. The van der Waals surface area contributed by atoms with Crippen molar-refractivity contribution in [3.05, 3.63) is 12.4 Å². The van der Waals surface area contributed by atoms with Crippen molar-refractivity contribution in [3.8, 4) is 0 Å². The van der Waals surface area contributed by atoms with Crippen molar-refractivity contribution >= 4 is 11.9 Å². The molecule has 1 aromatic heterocycles. The first-order valence-corrected chi connectivity index (χ1v) is 9.03. The van der Waals surface area contributed by atoms with E-state index in [1.807, 2.05) is 15.8 Å². The number of carbonyl (C=O) groups is 2. The first-order chi connectivity index (χ1) is 11.6. The van der Waals surface area contributed by atoms with Crippen molar-refractivity contribution in [3.63, 3.8) is 0 Å². The SMILES string of the molecule is CC1CCC(CN2C(=O)CCN(CC3(n4ccnn4)CC3)C2=O)C1. The predicted molar refractivity (Wildman–Crippen MR) is 87.0 cm³/mol. The van der Waals surface area contributed by atoms with Gasteiger partial charge in [-0.25, -0.2) is 9.48 Å². The third-order valence-corrected chi connectivity index (χ3v) is 5.86. The van der Waals surface area contributed by atoms with Crippen LogP contribution in [-0.4, -0.2) is 56.4 Å². The number of rotatable bonds is 5. The summed E-state index contributed by atoms with van der Waals surface area (Å²) in [7, 11) is 0. The molecule has 7 nitrogen and oxygen atoms in total. The van der Waals surface area contributed by atoms with Crippen LogP contribution in [0.15, 0.2) is 12.4 Å². The Morgan fingerprint density at radius 1 is 1.29 bits per heavy atom. The van der Waals surface area contributed by atoms with Gasteiger partial charge in [0.15, 0.2) is 0 Å². The van der Waals surface area contributed by atoms with Gasteiger partial charge >= 0.3 is 6.03 Å². The Labute approximate surface area is 142 Å². The lowest BCUT2D eigenvalue weighted by Gasteiger charge is -2.37. The smallest absolute Gasteiger partial charge is 0.321 e. The van der Waals surface area contributed by atoms with Crippen LogP contribution in [0.25, 0.3) is 0 Å². The van der Waals surface area contributed by atoms with Crippen LogP contribution in [0.1, 0.15) is 45.4 Å². The van der Waals surface area contributed by atoms with Crippen molar-refractivity contribution in [2.45, 2.75) is 51.0 Å². The fourth-order valence-corrected chi connectivity index (χ4v) is 4.23. The maximum absolute atomic E-state index is 12.9. The Bertz CT molecular complexity index is 625. The summed E-state index contributed by atoms with van der Waals surface area (Å²) in [6.07, 6.45) is 9.45. The molecule has 2 atom stereocenters. The summed E-state index contributed by atoms with van der Waals surface area (Å²) in [5.41, 5.74) is -0.111. The van der Waals surface area contributed by atoms with E-state index in [9.17, 15) is 9.59 Å². The summed E-state index contributed by atoms with van der Waals surface area (Å²) in [4.78, 5) is 28.5. The van der Waals surface area contributed by atoms with E-state index in [0.29, 0.717) is 37.9 Å². The molecule has 0 bridgehead atoms. The summed E-state index contributed by atoms with van der Waals surface area (Å²) in [6.45, 7) is 3.99. The number of amides is 3. The molecule has 2 heterocycles. The minimum atomic E-state index is -0.114. The first-order valence-electron chi connectivity index (χ1n) is 9.03. The normalized spacial score (nSPS) is 29.4. The third-order valence-electron chi connectivity index (χ3n) is 5.86. The minimum absolute atomic E-state index is 0.0126. The van der Waals surface area contributed by atoms with Crippen LogP contribution in [0.4, 0.5) is 4.79 Å². The summed E-state index contributed by atoms with van der Waals surface area (Å²) in [5, 5.41) is 8.00. The number of carbonyl (C=O) groups excluding carboxylic acids is 2. The molecule has 1 aliphatic heterocycles. The average Bonchev–Trinajstić information content (AvgIpc) is 2.98. The molecule has 2 unspecified atom stereocenters. The standard InChI is InChI=1S/C17H25N5O2/c1-13-2-3-14(10-13)11-21-15(23)4-8-20(16(21)24)12-17(5-6-17)22-9-7-18-19-22/h7,9,13-14H,2-6,8,10-12H2,1H3. The molecule has 0 radical (unpaired) electrons. The Hall–Kier alpha value is -1.92. The van der Waals surface area contributed by atoms with Gasteiger partial charge in [0, 0.05) is 32.3 Å². The largest absolute Gasteiger partial charge is 0.326 e. The lowest BCUT2D eigenvalue weighted by molar-refractivity contribution is -0.131. The molecule has 3 aliphatic rings.